The minimum atomic E-state index is -2.94. The highest BCUT2D eigenvalue weighted by Crippen LogP contribution is 2.49. The molecular formula is C41H59ClN4O4S. The van der Waals surface area contributed by atoms with Crippen molar-refractivity contribution in [3.8, 4) is 5.75 Å². The van der Waals surface area contributed by atoms with Gasteiger partial charge in [0.15, 0.2) is 0 Å². The summed E-state index contributed by atoms with van der Waals surface area (Å²) in [7, 11) is -2.94. The molecule has 2 aromatic carbocycles. The number of ether oxygens (including phenoxy) is 1. The van der Waals surface area contributed by atoms with E-state index in [1.807, 2.05) is 25.1 Å². The van der Waals surface area contributed by atoms with Gasteiger partial charge in [-0.1, -0.05) is 37.9 Å². The summed E-state index contributed by atoms with van der Waals surface area (Å²) in [6, 6.07) is 12.0. The molecule has 1 unspecified atom stereocenters. The first-order valence-electron chi connectivity index (χ1n) is 19.6. The number of fused-ring (bicyclic) bond motifs is 4. The van der Waals surface area contributed by atoms with E-state index in [1.54, 1.807) is 6.07 Å². The van der Waals surface area contributed by atoms with Crippen LogP contribution in [0.15, 0.2) is 36.4 Å². The standard InChI is InChI=1S/C41H59ClN4O4S/c1-5-18-44-19-21-45(22-20-44)27-41(48)17-6-8-29(2)30(3)51(4,49)43-39(47)32-11-15-38-37(24-32)46(25-33-10-13-36(33)41)26-40(28-50-38)16-7-9-31-23-34(42)12-14-35(31)40/h11-12,14-15,23-24,29-30,33,36,48H,4-10,13,16-22,25-28H2,1-3H3,(H,43,47,49)/t29-,30+,33-,36+,40-,41-,51?/m0/s1. The van der Waals surface area contributed by atoms with E-state index in [0.717, 1.165) is 107 Å². The minimum Gasteiger partial charge on any atom is -0.490 e. The number of piperazine rings is 1. The van der Waals surface area contributed by atoms with Crippen molar-refractivity contribution in [1.29, 1.82) is 0 Å². The average molecular weight is 739 g/mol. The average Bonchev–Trinajstić information content (AvgIpc) is 3.23. The first kappa shape index (κ1) is 37.0. The van der Waals surface area contributed by atoms with Crippen LogP contribution in [0.2, 0.25) is 5.02 Å². The molecule has 5 aliphatic rings. The molecule has 1 saturated heterocycles. The van der Waals surface area contributed by atoms with Crippen LogP contribution >= 0.6 is 11.6 Å². The molecule has 7 atom stereocenters. The van der Waals surface area contributed by atoms with E-state index in [2.05, 4.69) is 51.3 Å². The Bertz CT molecular complexity index is 1700. The summed E-state index contributed by atoms with van der Waals surface area (Å²) in [6.07, 6.45) is 8.69. The molecule has 2 fully saturated rings. The zero-order chi connectivity index (χ0) is 36.0. The Kier molecular flexibility index (Phi) is 10.8. The van der Waals surface area contributed by atoms with Crippen LogP contribution < -0.4 is 14.4 Å². The number of aliphatic hydroxyl groups is 1. The third-order valence-electron chi connectivity index (χ3n) is 13.3. The first-order valence-corrected chi connectivity index (χ1v) is 21.7. The van der Waals surface area contributed by atoms with E-state index in [4.69, 9.17) is 16.3 Å². The third-order valence-corrected chi connectivity index (χ3v) is 15.7. The summed E-state index contributed by atoms with van der Waals surface area (Å²) < 4.78 is 23.5. The second-order valence-corrected chi connectivity index (χ2v) is 19.5. The molecule has 0 radical (unpaired) electrons. The van der Waals surface area contributed by atoms with Gasteiger partial charge in [-0.15, -0.1) is 0 Å². The highest BCUT2D eigenvalue weighted by atomic mass is 35.5. The Labute approximate surface area is 311 Å². The zero-order valence-electron chi connectivity index (χ0n) is 31.0. The summed E-state index contributed by atoms with van der Waals surface area (Å²) in [5.41, 5.74) is 2.91. The quantitative estimate of drug-likeness (QED) is 0.364. The van der Waals surface area contributed by atoms with Gasteiger partial charge in [0.25, 0.3) is 5.91 Å². The van der Waals surface area contributed by atoms with Gasteiger partial charge < -0.3 is 19.6 Å². The van der Waals surface area contributed by atoms with Crippen molar-refractivity contribution in [2.75, 3.05) is 63.9 Å². The molecule has 2 bridgehead atoms. The lowest BCUT2D eigenvalue weighted by atomic mass is 9.62. The molecular weight excluding hydrogens is 680 g/mol. The number of rotatable bonds is 4. The molecule has 51 heavy (non-hydrogen) atoms. The van der Waals surface area contributed by atoms with Crippen molar-refractivity contribution < 1.29 is 18.8 Å². The summed E-state index contributed by atoms with van der Waals surface area (Å²) in [4.78, 5) is 21.3. The van der Waals surface area contributed by atoms with Crippen molar-refractivity contribution in [2.45, 2.75) is 94.8 Å². The largest absolute Gasteiger partial charge is 0.490 e. The molecule has 0 aromatic heterocycles. The van der Waals surface area contributed by atoms with Gasteiger partial charge in [-0.25, -0.2) is 4.21 Å². The van der Waals surface area contributed by atoms with Gasteiger partial charge >= 0.3 is 0 Å². The fourth-order valence-corrected chi connectivity index (χ4v) is 11.6. The molecule has 2 N–H and O–H groups in total. The topological polar surface area (TPSA) is 85.3 Å². The van der Waals surface area contributed by atoms with Crippen LogP contribution in [0.25, 0.3) is 0 Å². The predicted octanol–water partition coefficient (Wildman–Crippen LogP) is 6.17. The molecule has 1 spiro atoms. The van der Waals surface area contributed by atoms with Crippen molar-refractivity contribution >= 4 is 38.8 Å². The fourth-order valence-electron chi connectivity index (χ4n) is 9.94. The minimum absolute atomic E-state index is 0.0719. The maximum Gasteiger partial charge on any atom is 0.262 e. The molecule has 3 aliphatic heterocycles. The number of hydrogen-bond donors (Lipinski definition) is 2. The van der Waals surface area contributed by atoms with Gasteiger partial charge in [0.05, 0.1) is 27.6 Å². The van der Waals surface area contributed by atoms with Crippen LogP contribution in [-0.4, -0.2) is 101 Å². The number of β-amino-alcohol motifs (C(OH)–C–C–N with tert-alkyl or cyclic N) is 1. The maximum absolute atomic E-state index is 14.0. The van der Waals surface area contributed by atoms with Crippen LogP contribution in [0.1, 0.15) is 93.6 Å². The fraction of sp³-hybridized carbons (Fsp3) is 0.659. The van der Waals surface area contributed by atoms with E-state index in [-0.39, 0.29) is 28.4 Å². The lowest BCUT2D eigenvalue weighted by Gasteiger charge is -2.52. The second-order valence-electron chi connectivity index (χ2n) is 16.7. The number of benzene rings is 2. The normalized spacial score (nSPS) is 35.2. The van der Waals surface area contributed by atoms with Gasteiger partial charge in [-0.3, -0.25) is 14.4 Å². The predicted molar refractivity (Wildman–Crippen MR) is 210 cm³/mol. The van der Waals surface area contributed by atoms with Crippen molar-refractivity contribution in [1.82, 2.24) is 14.5 Å². The number of aryl methyl sites for hydroxylation is 1. The Morgan fingerprint density at radius 3 is 2.57 bits per heavy atom. The molecule has 2 aliphatic carbocycles. The molecule has 8 nitrogen and oxygen atoms in total. The van der Waals surface area contributed by atoms with E-state index in [9.17, 15) is 14.1 Å². The first-order chi connectivity index (χ1) is 24.4. The number of amides is 1. The van der Waals surface area contributed by atoms with E-state index >= 15 is 0 Å². The molecule has 1 amide bonds. The molecule has 2 aromatic rings. The van der Waals surface area contributed by atoms with Gasteiger partial charge in [0.1, 0.15) is 5.75 Å². The van der Waals surface area contributed by atoms with Crippen molar-refractivity contribution in [3.05, 3.63) is 58.1 Å². The number of nitrogens with one attached hydrogen (secondary N) is 1. The SMILES string of the molecule is C=S1(=O)NC(=O)c2ccc3c(c2)N(C[C@@H]2CC[C@H]2[C@@](O)(CN2CCN(CCC)CC2)CCC[C@H](C)[C@H]1C)C[C@@]1(CCCc2cc(Cl)ccc21)CO3. The summed E-state index contributed by atoms with van der Waals surface area (Å²) >= 11 is 6.50. The third kappa shape index (κ3) is 7.57. The molecule has 10 heteroatoms. The lowest BCUT2D eigenvalue weighted by Crippen LogP contribution is -2.59. The van der Waals surface area contributed by atoms with Crippen LogP contribution in [0, 0.1) is 17.8 Å². The Hall–Kier alpha value is -2.30. The lowest BCUT2D eigenvalue weighted by molar-refractivity contribution is -0.109. The van der Waals surface area contributed by atoms with Gasteiger partial charge in [-0.2, -0.15) is 0 Å². The van der Waals surface area contributed by atoms with Gasteiger partial charge in [0, 0.05) is 67.1 Å². The number of anilines is 1. The molecule has 1 saturated carbocycles. The Morgan fingerprint density at radius 2 is 1.82 bits per heavy atom. The summed E-state index contributed by atoms with van der Waals surface area (Å²) in [5.74, 6) is 5.02. The van der Waals surface area contributed by atoms with E-state index in [0.29, 0.717) is 31.1 Å². The van der Waals surface area contributed by atoms with Crippen LogP contribution in [-0.2, 0) is 21.5 Å². The van der Waals surface area contributed by atoms with Gasteiger partial charge in [-0.05, 0) is 130 Å². The number of halogens is 1. The number of nitrogens with zero attached hydrogens (tertiary/aromatic N) is 3. The highest BCUT2D eigenvalue weighted by molar-refractivity contribution is 7.99. The van der Waals surface area contributed by atoms with Crippen LogP contribution in [0.5, 0.6) is 5.75 Å². The summed E-state index contributed by atoms with van der Waals surface area (Å²) in [6.45, 7) is 14.3. The van der Waals surface area contributed by atoms with E-state index < -0.39 is 15.3 Å². The van der Waals surface area contributed by atoms with E-state index in [1.165, 1.54) is 17.5 Å². The molecule has 7 rings (SSSR count). The second kappa shape index (κ2) is 14.8. The molecule has 280 valence electrons. The smallest absolute Gasteiger partial charge is 0.262 e. The van der Waals surface area contributed by atoms with Crippen LogP contribution in [0.4, 0.5) is 5.69 Å². The summed E-state index contributed by atoms with van der Waals surface area (Å²) in [5, 5.41) is 13.3. The van der Waals surface area contributed by atoms with Crippen molar-refractivity contribution in [3.63, 3.8) is 0 Å². The monoisotopic (exact) mass is 738 g/mol. The highest BCUT2D eigenvalue weighted by Gasteiger charge is 2.49. The Balaban J connectivity index is 1.25. The number of carbonyl (C=O) groups excluding carboxylic acids is 1. The zero-order valence-corrected chi connectivity index (χ0v) is 32.6. The molecule has 3 heterocycles. The van der Waals surface area contributed by atoms with Crippen molar-refractivity contribution in [2.24, 2.45) is 17.8 Å². The Morgan fingerprint density at radius 1 is 1.04 bits per heavy atom. The number of carbonyl (C=O) groups is 1. The maximum atomic E-state index is 14.0. The van der Waals surface area contributed by atoms with Crippen LogP contribution in [0.3, 0.4) is 0 Å². The van der Waals surface area contributed by atoms with Gasteiger partial charge in [0.2, 0.25) is 0 Å². The number of hydrogen-bond acceptors (Lipinski definition) is 7.